The predicted octanol–water partition coefficient (Wildman–Crippen LogP) is 4.46. The molecule has 1 saturated heterocycles. The second kappa shape index (κ2) is 8.56. The Kier molecular flexibility index (Phi) is 6.11. The molecule has 2 aliphatic rings. The van der Waals surface area contributed by atoms with Gasteiger partial charge < -0.3 is 23.5 Å². The van der Waals surface area contributed by atoms with Crippen molar-refractivity contribution in [1.82, 2.24) is 10.1 Å². The van der Waals surface area contributed by atoms with Crippen molar-refractivity contribution in [2.45, 2.75) is 84.2 Å². The van der Waals surface area contributed by atoms with Gasteiger partial charge in [0.05, 0.1) is 22.5 Å². The topological polar surface area (TPSA) is 74.0 Å². The molecular weight excluding hydrogens is 407 g/mol. The van der Waals surface area contributed by atoms with E-state index in [1.54, 1.807) is 4.90 Å². The highest BCUT2D eigenvalue weighted by Crippen LogP contribution is 2.36. The molecule has 7 nitrogen and oxygen atoms in total. The highest BCUT2D eigenvalue weighted by Gasteiger charge is 2.51. The Hall–Kier alpha value is -2.32. The molecule has 1 saturated carbocycles. The molecule has 1 amide bonds. The first kappa shape index (κ1) is 22.9. The summed E-state index contributed by atoms with van der Waals surface area (Å²) >= 11 is 0. The maximum atomic E-state index is 12.5. The number of benzene rings is 1. The SMILES string of the molecule is Cc1noc(-c2ccc(B3OC(C)(C)C(C)(C)O3)cc2)c1COC(=O)N(C)C1CCCC1. The minimum atomic E-state index is -0.419. The molecule has 8 heteroatoms. The minimum Gasteiger partial charge on any atom is -0.444 e. The fourth-order valence-corrected chi connectivity index (χ4v) is 4.23. The molecule has 0 N–H and O–H groups in total. The van der Waals surface area contributed by atoms with Crippen molar-refractivity contribution in [3.8, 4) is 11.3 Å². The van der Waals surface area contributed by atoms with Gasteiger partial charge in [-0.05, 0) is 52.9 Å². The molecule has 2 aromatic rings. The zero-order valence-corrected chi connectivity index (χ0v) is 19.9. The number of hydrogen-bond acceptors (Lipinski definition) is 6. The predicted molar refractivity (Wildman–Crippen MR) is 123 cm³/mol. The van der Waals surface area contributed by atoms with E-state index in [1.165, 1.54) is 12.8 Å². The van der Waals surface area contributed by atoms with Crippen molar-refractivity contribution in [3.05, 3.63) is 35.5 Å². The van der Waals surface area contributed by atoms with Gasteiger partial charge in [-0.25, -0.2) is 4.79 Å². The molecule has 1 aliphatic carbocycles. The lowest BCUT2D eigenvalue weighted by atomic mass is 9.78. The number of amides is 1. The summed E-state index contributed by atoms with van der Waals surface area (Å²) in [6, 6.07) is 8.12. The van der Waals surface area contributed by atoms with E-state index in [-0.39, 0.29) is 29.9 Å². The van der Waals surface area contributed by atoms with Gasteiger partial charge in [0.15, 0.2) is 5.76 Å². The van der Waals surface area contributed by atoms with Crippen molar-refractivity contribution < 1.29 is 23.4 Å². The fraction of sp³-hybridized carbons (Fsp3) is 0.583. The van der Waals surface area contributed by atoms with Crippen LogP contribution in [0.15, 0.2) is 28.8 Å². The molecular formula is C24H33BN2O5. The molecule has 1 aromatic carbocycles. The van der Waals surface area contributed by atoms with Gasteiger partial charge in [0.2, 0.25) is 0 Å². The third-order valence-corrected chi connectivity index (χ3v) is 7.18. The first-order valence-electron chi connectivity index (χ1n) is 11.4. The Morgan fingerprint density at radius 1 is 1.12 bits per heavy atom. The minimum absolute atomic E-state index is 0.125. The average molecular weight is 440 g/mol. The molecule has 0 spiro atoms. The molecule has 2 fully saturated rings. The molecule has 172 valence electrons. The monoisotopic (exact) mass is 440 g/mol. The standard InChI is InChI=1S/C24H33BN2O5/c1-16-20(15-29-22(28)27(6)19-9-7-8-10-19)21(30-26-16)17-11-13-18(14-12-17)25-31-23(2,3)24(4,5)32-25/h11-14,19H,7-10,15H2,1-6H3. The first-order chi connectivity index (χ1) is 15.1. The van der Waals surface area contributed by atoms with Crippen LogP contribution in [0.2, 0.25) is 0 Å². The lowest BCUT2D eigenvalue weighted by Crippen LogP contribution is -2.41. The second-order valence-electron chi connectivity index (χ2n) is 9.89. The number of carbonyl (C=O) groups excluding carboxylic acids is 1. The maximum absolute atomic E-state index is 12.5. The Bertz CT molecular complexity index is 947. The van der Waals surface area contributed by atoms with E-state index in [2.05, 4.69) is 5.16 Å². The molecule has 2 heterocycles. The molecule has 0 atom stereocenters. The number of carbonyl (C=O) groups is 1. The zero-order chi connectivity index (χ0) is 23.1. The summed E-state index contributed by atoms with van der Waals surface area (Å²) in [4.78, 5) is 14.2. The van der Waals surface area contributed by atoms with Gasteiger partial charge in [0.25, 0.3) is 0 Å². The highest BCUT2D eigenvalue weighted by molar-refractivity contribution is 6.62. The van der Waals surface area contributed by atoms with E-state index < -0.39 is 7.12 Å². The number of rotatable bonds is 5. The average Bonchev–Trinajstić information content (AvgIpc) is 3.45. The number of aromatic nitrogens is 1. The van der Waals surface area contributed by atoms with Crippen LogP contribution >= 0.6 is 0 Å². The van der Waals surface area contributed by atoms with E-state index in [1.807, 2.05) is 65.9 Å². The van der Waals surface area contributed by atoms with Crippen molar-refractivity contribution in [3.63, 3.8) is 0 Å². The van der Waals surface area contributed by atoms with Crippen LogP contribution in [0.3, 0.4) is 0 Å². The van der Waals surface area contributed by atoms with Crippen LogP contribution in [0, 0.1) is 6.92 Å². The quantitative estimate of drug-likeness (QED) is 0.640. The normalized spacial score (nSPS) is 20.0. The largest absolute Gasteiger partial charge is 0.494 e. The van der Waals surface area contributed by atoms with E-state index in [0.717, 1.165) is 29.4 Å². The van der Waals surface area contributed by atoms with E-state index >= 15 is 0 Å². The first-order valence-corrected chi connectivity index (χ1v) is 11.4. The van der Waals surface area contributed by atoms with Crippen LogP contribution in [0.1, 0.15) is 64.6 Å². The van der Waals surface area contributed by atoms with E-state index in [0.29, 0.717) is 11.5 Å². The fourth-order valence-electron chi connectivity index (χ4n) is 4.23. The Morgan fingerprint density at radius 2 is 1.72 bits per heavy atom. The Morgan fingerprint density at radius 3 is 2.31 bits per heavy atom. The van der Waals surface area contributed by atoms with Crippen LogP contribution in [0.5, 0.6) is 0 Å². The van der Waals surface area contributed by atoms with Gasteiger partial charge in [-0.3, -0.25) is 0 Å². The number of nitrogens with zero attached hydrogens (tertiary/aromatic N) is 2. The van der Waals surface area contributed by atoms with Crippen molar-refractivity contribution in [2.24, 2.45) is 0 Å². The van der Waals surface area contributed by atoms with Crippen molar-refractivity contribution in [2.75, 3.05) is 7.05 Å². The molecule has 0 bridgehead atoms. The zero-order valence-electron chi connectivity index (χ0n) is 19.9. The lowest BCUT2D eigenvalue weighted by molar-refractivity contribution is 0.00578. The van der Waals surface area contributed by atoms with Gasteiger partial charge in [0.1, 0.15) is 6.61 Å². The molecule has 0 unspecified atom stereocenters. The number of aryl methyl sites for hydroxylation is 1. The van der Waals surface area contributed by atoms with Crippen LogP contribution in [0.25, 0.3) is 11.3 Å². The summed E-state index contributed by atoms with van der Waals surface area (Å²) in [5, 5.41) is 4.10. The third-order valence-electron chi connectivity index (χ3n) is 7.18. The third kappa shape index (κ3) is 4.30. The number of hydrogen-bond donors (Lipinski definition) is 0. The van der Waals surface area contributed by atoms with Gasteiger partial charge in [-0.2, -0.15) is 0 Å². The van der Waals surface area contributed by atoms with E-state index in [4.69, 9.17) is 18.6 Å². The van der Waals surface area contributed by atoms with Gasteiger partial charge in [-0.15, -0.1) is 0 Å². The highest BCUT2D eigenvalue weighted by atomic mass is 16.7. The summed E-state index contributed by atoms with van der Waals surface area (Å²) in [6.07, 6.45) is 4.11. The van der Waals surface area contributed by atoms with Gasteiger partial charge in [0, 0.05) is 18.7 Å². The van der Waals surface area contributed by atoms with Crippen molar-refractivity contribution >= 4 is 18.7 Å². The summed E-state index contributed by atoms with van der Waals surface area (Å²) in [5.41, 5.74) is 2.52. The molecule has 1 aromatic heterocycles. The summed E-state index contributed by atoms with van der Waals surface area (Å²) in [6.45, 7) is 10.1. The van der Waals surface area contributed by atoms with Crippen LogP contribution < -0.4 is 5.46 Å². The van der Waals surface area contributed by atoms with Crippen LogP contribution in [0.4, 0.5) is 4.79 Å². The molecule has 0 radical (unpaired) electrons. The summed E-state index contributed by atoms with van der Waals surface area (Å²) in [7, 11) is 1.39. The molecule has 1 aliphatic heterocycles. The maximum Gasteiger partial charge on any atom is 0.494 e. The Balaban J connectivity index is 1.45. The molecule has 4 rings (SSSR count). The Labute approximate surface area is 190 Å². The smallest absolute Gasteiger partial charge is 0.444 e. The van der Waals surface area contributed by atoms with Gasteiger partial charge >= 0.3 is 13.2 Å². The van der Waals surface area contributed by atoms with Crippen LogP contribution in [-0.4, -0.2) is 47.6 Å². The second-order valence-corrected chi connectivity index (χ2v) is 9.89. The summed E-state index contributed by atoms with van der Waals surface area (Å²) in [5.74, 6) is 0.610. The van der Waals surface area contributed by atoms with Gasteiger partial charge in [-0.1, -0.05) is 42.3 Å². The molecule has 32 heavy (non-hydrogen) atoms. The van der Waals surface area contributed by atoms with E-state index in [9.17, 15) is 4.79 Å². The summed E-state index contributed by atoms with van der Waals surface area (Å²) < 4.78 is 23.5. The van der Waals surface area contributed by atoms with Crippen molar-refractivity contribution in [1.29, 1.82) is 0 Å². The van der Waals surface area contributed by atoms with Crippen LogP contribution in [-0.2, 0) is 20.7 Å². The lowest BCUT2D eigenvalue weighted by Gasteiger charge is -2.32. The number of ether oxygens (including phenoxy) is 1.